The van der Waals surface area contributed by atoms with E-state index in [0.29, 0.717) is 0 Å². The summed E-state index contributed by atoms with van der Waals surface area (Å²) >= 11 is 0. The Morgan fingerprint density at radius 2 is 1.08 bits per heavy atom. The molecule has 4 N–H and O–H groups in total. The third-order valence-electron chi connectivity index (χ3n) is 2.27. The molecular formula is C14H20N2O8. The maximum absolute atomic E-state index is 11.3. The van der Waals surface area contributed by atoms with E-state index in [1.54, 1.807) is 0 Å². The molecule has 0 spiro atoms. The molecule has 0 radical (unpaired) electrons. The van der Waals surface area contributed by atoms with Crippen molar-refractivity contribution in [3.05, 3.63) is 0 Å². The molecule has 0 aromatic rings. The molecule has 10 nitrogen and oxygen atoms in total. The van der Waals surface area contributed by atoms with Gasteiger partial charge in [0, 0.05) is 24.9 Å². The number of aliphatic carboxylic acids is 2. The van der Waals surface area contributed by atoms with Crippen LogP contribution in [0.4, 0.5) is 0 Å². The van der Waals surface area contributed by atoms with Crippen LogP contribution in [-0.2, 0) is 28.7 Å². The molecule has 24 heavy (non-hydrogen) atoms. The van der Waals surface area contributed by atoms with E-state index in [0.717, 1.165) is 0 Å². The van der Waals surface area contributed by atoms with Gasteiger partial charge < -0.3 is 30.3 Å². The number of hydrogen-bond acceptors (Lipinski definition) is 6. The molecule has 0 aromatic heterocycles. The summed E-state index contributed by atoms with van der Waals surface area (Å²) < 4.78 is 9.89. The normalized spacial score (nSPS) is 9.50. The minimum absolute atomic E-state index is 0.0494. The van der Waals surface area contributed by atoms with Crippen molar-refractivity contribution in [1.29, 1.82) is 0 Å². The Bertz CT molecular complexity index is 453. The highest BCUT2D eigenvalue weighted by Gasteiger charge is 2.00. The topological polar surface area (TPSA) is 151 Å². The number of rotatable bonds is 12. The minimum atomic E-state index is -0.969. The third-order valence-corrected chi connectivity index (χ3v) is 2.27. The van der Waals surface area contributed by atoms with E-state index in [9.17, 15) is 19.2 Å². The Hall–Kier alpha value is -2.64. The first-order chi connectivity index (χ1) is 11.4. The van der Waals surface area contributed by atoms with Crippen molar-refractivity contribution in [2.45, 2.75) is 12.8 Å². The van der Waals surface area contributed by atoms with Gasteiger partial charge in [-0.25, -0.2) is 0 Å². The van der Waals surface area contributed by atoms with Crippen LogP contribution >= 0.6 is 0 Å². The summed E-state index contributed by atoms with van der Waals surface area (Å²) in [6, 6.07) is 0. The molecule has 0 heterocycles. The van der Waals surface area contributed by atoms with E-state index in [-0.39, 0.29) is 52.4 Å². The summed E-state index contributed by atoms with van der Waals surface area (Å²) in [4.78, 5) is 43.0. The number of carboxylic acids is 2. The van der Waals surface area contributed by atoms with Gasteiger partial charge in [0.1, 0.15) is 0 Å². The lowest BCUT2D eigenvalue weighted by Gasteiger charge is -2.03. The fourth-order valence-corrected chi connectivity index (χ4v) is 1.20. The maximum Gasteiger partial charge on any atom is 0.305 e. The van der Waals surface area contributed by atoms with Crippen LogP contribution in [0.3, 0.4) is 0 Å². The molecule has 10 heteroatoms. The summed E-state index contributed by atoms with van der Waals surface area (Å²) in [6.45, 7) is 0.668. The largest absolute Gasteiger partial charge is 0.481 e. The monoisotopic (exact) mass is 344 g/mol. The maximum atomic E-state index is 11.3. The van der Waals surface area contributed by atoms with Gasteiger partial charge in [-0.05, 0) is 0 Å². The molecule has 0 aliphatic rings. The van der Waals surface area contributed by atoms with Gasteiger partial charge in [-0.1, -0.05) is 0 Å². The summed E-state index contributed by atoms with van der Waals surface area (Å²) in [6.07, 6.45) is -0.234. The SMILES string of the molecule is O=C(O)CCOCCNC(=O)C#CC(=O)NCCOCCC(=O)O. The van der Waals surface area contributed by atoms with Crippen molar-refractivity contribution in [3.8, 4) is 11.8 Å². The zero-order valence-electron chi connectivity index (χ0n) is 13.0. The minimum Gasteiger partial charge on any atom is -0.481 e. The van der Waals surface area contributed by atoms with Gasteiger partial charge in [0.2, 0.25) is 0 Å². The molecule has 0 fully saturated rings. The van der Waals surface area contributed by atoms with E-state index in [2.05, 4.69) is 22.5 Å². The average molecular weight is 344 g/mol. The quantitative estimate of drug-likeness (QED) is 0.239. The molecule has 0 saturated heterocycles. The van der Waals surface area contributed by atoms with E-state index in [4.69, 9.17) is 19.7 Å². The van der Waals surface area contributed by atoms with Crippen molar-refractivity contribution < 1.29 is 38.9 Å². The summed E-state index contributed by atoms with van der Waals surface area (Å²) in [5, 5.41) is 21.5. The predicted molar refractivity (Wildman–Crippen MR) is 79.9 cm³/mol. The van der Waals surface area contributed by atoms with E-state index >= 15 is 0 Å². The first kappa shape index (κ1) is 21.4. The lowest BCUT2D eigenvalue weighted by molar-refractivity contribution is -0.139. The van der Waals surface area contributed by atoms with Crippen LogP contribution in [0.15, 0.2) is 0 Å². The highest BCUT2D eigenvalue weighted by atomic mass is 16.5. The van der Waals surface area contributed by atoms with Gasteiger partial charge >= 0.3 is 11.9 Å². The number of amides is 2. The number of carboxylic acid groups (broad SMARTS) is 2. The van der Waals surface area contributed by atoms with Gasteiger partial charge in [0.15, 0.2) is 0 Å². The first-order valence-corrected chi connectivity index (χ1v) is 7.08. The van der Waals surface area contributed by atoms with Crippen LogP contribution in [0, 0.1) is 11.8 Å². The van der Waals surface area contributed by atoms with E-state index in [1.807, 2.05) is 0 Å². The smallest absolute Gasteiger partial charge is 0.305 e. The number of nitrogens with one attached hydrogen (secondary N) is 2. The van der Waals surface area contributed by atoms with Crippen molar-refractivity contribution in [2.75, 3.05) is 39.5 Å². The van der Waals surface area contributed by atoms with Gasteiger partial charge in [0.05, 0.1) is 39.3 Å². The van der Waals surface area contributed by atoms with Gasteiger partial charge in [0.25, 0.3) is 11.8 Å². The van der Waals surface area contributed by atoms with Crippen molar-refractivity contribution in [3.63, 3.8) is 0 Å². The standard InChI is InChI=1S/C14H20N2O8/c17-11(15-5-9-23-7-3-13(19)20)1-2-12(18)16-6-10-24-8-4-14(21)22/h3-10H2,(H,15,17)(H,16,18)(H,19,20)(H,21,22). The molecule has 2 amide bonds. The second-order valence-electron chi connectivity index (χ2n) is 4.27. The fourth-order valence-electron chi connectivity index (χ4n) is 1.20. The average Bonchev–Trinajstić information content (AvgIpc) is 2.51. The highest BCUT2D eigenvalue weighted by molar-refractivity contribution is 6.02. The van der Waals surface area contributed by atoms with Gasteiger partial charge in [-0.3, -0.25) is 19.2 Å². The summed E-state index contributed by atoms with van der Waals surface area (Å²) in [5.41, 5.74) is 0. The van der Waals surface area contributed by atoms with Crippen molar-refractivity contribution in [1.82, 2.24) is 10.6 Å². The Balaban J connectivity index is 3.63. The molecule has 0 aliphatic heterocycles. The summed E-state index contributed by atoms with van der Waals surface area (Å²) in [5.74, 6) is 0.893. The van der Waals surface area contributed by atoms with Crippen LogP contribution in [0.5, 0.6) is 0 Å². The van der Waals surface area contributed by atoms with Crippen LogP contribution in [0.2, 0.25) is 0 Å². The van der Waals surface area contributed by atoms with Gasteiger partial charge in [-0.15, -0.1) is 0 Å². The summed E-state index contributed by atoms with van der Waals surface area (Å²) in [7, 11) is 0. The van der Waals surface area contributed by atoms with Gasteiger partial charge in [-0.2, -0.15) is 0 Å². The Labute approximate surface area is 138 Å². The van der Waals surface area contributed by atoms with Crippen LogP contribution in [0.25, 0.3) is 0 Å². The van der Waals surface area contributed by atoms with Crippen LogP contribution in [0.1, 0.15) is 12.8 Å². The molecule has 0 unspecified atom stereocenters. The lowest BCUT2D eigenvalue weighted by Crippen LogP contribution is -2.28. The Morgan fingerprint density at radius 3 is 1.42 bits per heavy atom. The zero-order chi connectivity index (χ0) is 18.2. The fraction of sp³-hybridized carbons (Fsp3) is 0.571. The van der Waals surface area contributed by atoms with E-state index in [1.165, 1.54) is 0 Å². The first-order valence-electron chi connectivity index (χ1n) is 7.08. The number of carbonyl (C=O) groups excluding carboxylic acids is 2. The molecular weight excluding hydrogens is 324 g/mol. The molecule has 0 aromatic carbocycles. The second-order valence-corrected chi connectivity index (χ2v) is 4.27. The van der Waals surface area contributed by atoms with Crippen molar-refractivity contribution >= 4 is 23.8 Å². The van der Waals surface area contributed by atoms with Crippen molar-refractivity contribution in [2.24, 2.45) is 0 Å². The number of carbonyl (C=O) groups is 4. The molecule has 134 valence electrons. The third kappa shape index (κ3) is 15.7. The van der Waals surface area contributed by atoms with E-state index < -0.39 is 23.8 Å². The zero-order valence-corrected chi connectivity index (χ0v) is 13.0. The Morgan fingerprint density at radius 1 is 0.708 bits per heavy atom. The highest BCUT2D eigenvalue weighted by Crippen LogP contribution is 1.82. The second kappa shape index (κ2) is 14.0. The van der Waals surface area contributed by atoms with Crippen LogP contribution < -0.4 is 10.6 Å². The Kier molecular flexibility index (Phi) is 12.4. The molecule has 0 rings (SSSR count). The molecule has 0 aliphatic carbocycles. The molecule has 0 bridgehead atoms. The molecule has 0 saturated carbocycles. The molecule has 0 atom stereocenters. The lowest BCUT2D eigenvalue weighted by atomic mass is 10.4. The number of hydrogen-bond donors (Lipinski definition) is 4. The predicted octanol–water partition coefficient (Wildman–Crippen LogP) is -1.80. The van der Waals surface area contributed by atoms with Crippen LogP contribution in [-0.4, -0.2) is 73.5 Å². The number of ether oxygens (including phenoxy) is 2.